The summed E-state index contributed by atoms with van der Waals surface area (Å²) in [5.74, 6) is 0. The van der Waals surface area contributed by atoms with E-state index in [0.717, 1.165) is 0 Å². The van der Waals surface area contributed by atoms with Gasteiger partial charge in [0.05, 0.1) is 3.39 Å². The van der Waals surface area contributed by atoms with E-state index in [4.69, 9.17) is 0 Å². The molecule has 0 aromatic rings. The van der Waals surface area contributed by atoms with Crippen molar-refractivity contribution in [1.29, 1.82) is 0 Å². The van der Waals surface area contributed by atoms with Crippen molar-refractivity contribution in [2.75, 3.05) is 0 Å². The van der Waals surface area contributed by atoms with Crippen molar-refractivity contribution >= 4 is 31.9 Å². The highest BCUT2D eigenvalue weighted by molar-refractivity contribution is 9.28. The summed E-state index contributed by atoms with van der Waals surface area (Å²) in [6.45, 7) is 0. The molecule has 0 heterocycles. The molecule has 8 heteroatoms. The van der Waals surface area contributed by atoms with Crippen molar-refractivity contribution < 1.29 is 26.3 Å². The summed E-state index contributed by atoms with van der Waals surface area (Å²) in [4.78, 5) is 0. The summed E-state index contributed by atoms with van der Waals surface area (Å²) in [7, 11) is 0. The second kappa shape index (κ2) is 3.57. The Balaban J connectivity index is 5.13. The molecule has 0 atom stereocenters. The van der Waals surface area contributed by atoms with Crippen LogP contribution in [0.15, 0.2) is 8.96 Å². The van der Waals surface area contributed by atoms with Crippen molar-refractivity contribution in [2.24, 2.45) is 0 Å². The standard InChI is InChI=1S/C4Br2F6/c5-2(6)1(3(7,8)9)4(10,11)12. The van der Waals surface area contributed by atoms with Gasteiger partial charge in [-0.2, -0.15) is 26.3 Å². The SMILES string of the molecule is FC(F)(F)C(=C(Br)Br)C(F)(F)F. The van der Waals surface area contributed by atoms with Gasteiger partial charge in [0.15, 0.2) is 5.57 Å². The third kappa shape index (κ3) is 3.34. The van der Waals surface area contributed by atoms with Gasteiger partial charge >= 0.3 is 12.4 Å². The molecule has 0 unspecified atom stereocenters. The Labute approximate surface area is 79.9 Å². The molecule has 0 spiro atoms. The van der Waals surface area contributed by atoms with Crippen LogP contribution >= 0.6 is 31.9 Å². The van der Waals surface area contributed by atoms with Crippen LogP contribution in [0.25, 0.3) is 0 Å². The molecule has 72 valence electrons. The minimum absolute atomic E-state index is 1.16. The van der Waals surface area contributed by atoms with Gasteiger partial charge in [0, 0.05) is 0 Å². The number of hydrogen-bond acceptors (Lipinski definition) is 0. The highest BCUT2D eigenvalue weighted by Gasteiger charge is 2.52. The van der Waals surface area contributed by atoms with Crippen LogP contribution in [-0.2, 0) is 0 Å². The number of hydrogen-bond donors (Lipinski definition) is 0. The monoisotopic (exact) mass is 320 g/mol. The average molecular weight is 322 g/mol. The van der Waals surface area contributed by atoms with Gasteiger partial charge < -0.3 is 0 Å². The maximum Gasteiger partial charge on any atom is 0.422 e. The average Bonchev–Trinajstić information content (AvgIpc) is 1.49. The Morgan fingerprint density at radius 3 is 1.00 bits per heavy atom. The molecular formula is C4Br2F6. The maximum absolute atomic E-state index is 11.6. The highest BCUT2D eigenvalue weighted by atomic mass is 79.9. The fourth-order valence-electron chi connectivity index (χ4n) is 0.375. The molecule has 0 saturated carbocycles. The molecule has 0 saturated heterocycles. The first-order valence-electron chi connectivity index (χ1n) is 2.26. The van der Waals surface area contributed by atoms with Crippen LogP contribution in [0.2, 0.25) is 0 Å². The summed E-state index contributed by atoms with van der Waals surface area (Å²) < 4.78 is 68.6. The van der Waals surface area contributed by atoms with Crippen LogP contribution < -0.4 is 0 Å². The predicted octanol–water partition coefficient (Wildman–Crippen LogP) is 4.11. The van der Waals surface area contributed by atoms with Crippen molar-refractivity contribution in [1.82, 2.24) is 0 Å². The second-order valence-corrected chi connectivity index (χ2v) is 4.28. The summed E-state index contributed by atoms with van der Waals surface area (Å²) in [5.41, 5.74) is -2.59. The molecule has 0 nitrogen and oxygen atoms in total. The van der Waals surface area contributed by atoms with E-state index in [9.17, 15) is 26.3 Å². The van der Waals surface area contributed by atoms with Crippen LogP contribution in [0.4, 0.5) is 26.3 Å². The highest BCUT2D eigenvalue weighted by Crippen LogP contribution is 2.43. The van der Waals surface area contributed by atoms with Gasteiger partial charge in [-0.15, -0.1) is 0 Å². The zero-order chi connectivity index (χ0) is 10.2. The van der Waals surface area contributed by atoms with Crippen LogP contribution in [0, 0.1) is 0 Å². The van der Waals surface area contributed by atoms with Crippen molar-refractivity contribution in [3.8, 4) is 0 Å². The smallest absolute Gasteiger partial charge is 0.166 e. The Morgan fingerprint density at radius 1 is 0.750 bits per heavy atom. The first kappa shape index (κ1) is 12.3. The third-order valence-electron chi connectivity index (χ3n) is 0.756. The minimum Gasteiger partial charge on any atom is -0.166 e. The first-order valence-corrected chi connectivity index (χ1v) is 3.85. The van der Waals surface area contributed by atoms with E-state index in [-0.39, 0.29) is 0 Å². The minimum atomic E-state index is -5.42. The van der Waals surface area contributed by atoms with Crippen molar-refractivity contribution in [2.45, 2.75) is 12.4 Å². The maximum atomic E-state index is 11.6. The van der Waals surface area contributed by atoms with Gasteiger partial charge in [-0.05, 0) is 31.9 Å². The Kier molecular flexibility index (Phi) is 3.65. The molecule has 0 rings (SSSR count). The predicted molar refractivity (Wildman–Crippen MR) is 37.0 cm³/mol. The Hall–Kier alpha value is 0.280. The lowest BCUT2D eigenvalue weighted by molar-refractivity contribution is -0.171. The van der Waals surface area contributed by atoms with E-state index in [1.165, 1.54) is 0 Å². The largest absolute Gasteiger partial charge is 0.422 e. The van der Waals surface area contributed by atoms with E-state index in [2.05, 4.69) is 31.9 Å². The van der Waals surface area contributed by atoms with Crippen LogP contribution in [0.1, 0.15) is 0 Å². The summed E-state index contributed by atoms with van der Waals surface area (Å²) in [6.07, 6.45) is -10.8. The van der Waals surface area contributed by atoms with E-state index in [0.29, 0.717) is 0 Å². The lowest BCUT2D eigenvalue weighted by atomic mass is 10.3. The Morgan fingerprint density at radius 2 is 1.00 bits per heavy atom. The molecule has 0 fully saturated rings. The van der Waals surface area contributed by atoms with Gasteiger partial charge in [-0.3, -0.25) is 0 Å². The summed E-state index contributed by atoms with van der Waals surface area (Å²) in [5, 5.41) is 0. The Bertz CT molecular complexity index is 179. The van der Waals surface area contributed by atoms with Gasteiger partial charge in [-0.25, -0.2) is 0 Å². The second-order valence-electron chi connectivity index (χ2n) is 1.63. The molecule has 0 amide bonds. The van der Waals surface area contributed by atoms with Gasteiger partial charge in [0.1, 0.15) is 0 Å². The zero-order valence-electron chi connectivity index (χ0n) is 5.02. The molecule has 0 bridgehead atoms. The van der Waals surface area contributed by atoms with Crippen molar-refractivity contribution in [3.05, 3.63) is 8.96 Å². The quantitative estimate of drug-likeness (QED) is 0.589. The topological polar surface area (TPSA) is 0 Å². The summed E-state index contributed by atoms with van der Waals surface area (Å²) in [6, 6.07) is 0. The molecule has 0 aromatic heterocycles. The first-order chi connectivity index (χ1) is 5.07. The van der Waals surface area contributed by atoms with E-state index in [1.54, 1.807) is 0 Å². The van der Waals surface area contributed by atoms with E-state index < -0.39 is 21.3 Å². The van der Waals surface area contributed by atoms with Gasteiger partial charge in [0.2, 0.25) is 0 Å². The lowest BCUT2D eigenvalue weighted by Gasteiger charge is -2.14. The molecule has 0 aliphatic carbocycles. The molecule has 0 N–H and O–H groups in total. The van der Waals surface area contributed by atoms with Crippen LogP contribution in [-0.4, -0.2) is 12.4 Å². The number of halogens is 8. The summed E-state index contributed by atoms with van der Waals surface area (Å²) >= 11 is 4.14. The number of alkyl halides is 6. The zero-order valence-corrected chi connectivity index (χ0v) is 8.20. The number of rotatable bonds is 0. The van der Waals surface area contributed by atoms with Crippen molar-refractivity contribution in [3.63, 3.8) is 0 Å². The van der Waals surface area contributed by atoms with Gasteiger partial charge in [0.25, 0.3) is 0 Å². The van der Waals surface area contributed by atoms with E-state index in [1.807, 2.05) is 0 Å². The van der Waals surface area contributed by atoms with Crippen LogP contribution in [0.3, 0.4) is 0 Å². The number of allylic oxidation sites excluding steroid dienone is 1. The molecule has 0 aromatic carbocycles. The van der Waals surface area contributed by atoms with Crippen LogP contribution in [0.5, 0.6) is 0 Å². The van der Waals surface area contributed by atoms with Gasteiger partial charge in [-0.1, -0.05) is 0 Å². The molecule has 0 aliphatic rings. The fraction of sp³-hybridized carbons (Fsp3) is 0.500. The fourth-order valence-corrected chi connectivity index (χ4v) is 1.27. The van der Waals surface area contributed by atoms with E-state index >= 15 is 0 Å². The molecule has 12 heavy (non-hydrogen) atoms. The molecule has 0 radical (unpaired) electrons. The lowest BCUT2D eigenvalue weighted by Crippen LogP contribution is -2.26. The third-order valence-corrected chi connectivity index (χ3v) is 1.55. The normalized spacial score (nSPS) is 13.0. The molecule has 0 aliphatic heterocycles. The molecular weight excluding hydrogens is 322 g/mol.